The van der Waals surface area contributed by atoms with Gasteiger partial charge in [0.25, 0.3) is 0 Å². The Balaban J connectivity index is 3.06. The largest absolute Gasteiger partial charge is 0.373 e. The van der Waals surface area contributed by atoms with E-state index in [1.54, 1.807) is 0 Å². The number of nitrogens with two attached hydrogens (primary N) is 1. The van der Waals surface area contributed by atoms with E-state index in [9.17, 15) is 0 Å². The molecule has 0 aliphatic rings. The summed E-state index contributed by atoms with van der Waals surface area (Å²) in [5, 5.41) is 3.00. The lowest BCUT2D eigenvalue weighted by atomic mass is 10.1. The zero-order valence-electron chi connectivity index (χ0n) is 7.76. The minimum Gasteiger partial charge on any atom is -0.373 e. The van der Waals surface area contributed by atoms with Crippen LogP contribution in [0.25, 0.3) is 0 Å². The molecule has 0 aliphatic carbocycles. The maximum absolute atomic E-state index is 5.75. The average molecular weight is 165 g/mol. The third kappa shape index (κ3) is 1.95. The minimum absolute atomic E-state index is 0.0683. The van der Waals surface area contributed by atoms with Crippen LogP contribution in [-0.2, 0) is 0 Å². The summed E-state index contributed by atoms with van der Waals surface area (Å²) in [4.78, 5) is 4.27. The number of aromatic nitrogens is 1. The molecule has 0 aliphatic heterocycles. The van der Waals surface area contributed by atoms with E-state index in [0.29, 0.717) is 0 Å². The first-order chi connectivity index (χ1) is 5.63. The second kappa shape index (κ2) is 3.54. The predicted octanol–water partition coefficient (Wildman–Crippen LogP) is 1.45. The van der Waals surface area contributed by atoms with Crippen LogP contribution in [0.1, 0.15) is 24.2 Å². The van der Waals surface area contributed by atoms with Crippen LogP contribution in [0.5, 0.6) is 0 Å². The molecule has 66 valence electrons. The van der Waals surface area contributed by atoms with E-state index in [1.165, 1.54) is 0 Å². The first-order valence-electron chi connectivity index (χ1n) is 4.05. The van der Waals surface area contributed by atoms with Crippen molar-refractivity contribution < 1.29 is 0 Å². The Kier molecular flexibility index (Phi) is 2.65. The van der Waals surface area contributed by atoms with Crippen molar-refractivity contribution in [2.45, 2.75) is 19.9 Å². The fraction of sp³-hybridized carbons (Fsp3) is 0.444. The fourth-order valence-corrected chi connectivity index (χ4v) is 1.09. The molecule has 0 radical (unpaired) electrons. The maximum Gasteiger partial charge on any atom is 0.126 e. The van der Waals surface area contributed by atoms with Crippen LogP contribution in [0.2, 0.25) is 0 Å². The first kappa shape index (κ1) is 9.00. The molecule has 0 aromatic carbocycles. The number of rotatable bonds is 2. The predicted molar refractivity (Wildman–Crippen MR) is 51.1 cm³/mol. The second-order valence-electron chi connectivity index (χ2n) is 2.97. The Bertz CT molecular complexity index is 268. The Morgan fingerprint density at radius 1 is 1.50 bits per heavy atom. The number of pyridine rings is 1. The summed E-state index contributed by atoms with van der Waals surface area (Å²) in [7, 11) is 1.85. The van der Waals surface area contributed by atoms with E-state index in [2.05, 4.69) is 10.3 Å². The van der Waals surface area contributed by atoms with Gasteiger partial charge >= 0.3 is 0 Å². The number of hydrogen-bond donors (Lipinski definition) is 2. The summed E-state index contributed by atoms with van der Waals surface area (Å²) in [5.74, 6) is 0.877. The molecule has 3 nitrogen and oxygen atoms in total. The van der Waals surface area contributed by atoms with Gasteiger partial charge in [-0.15, -0.1) is 0 Å². The van der Waals surface area contributed by atoms with Crippen LogP contribution < -0.4 is 11.1 Å². The van der Waals surface area contributed by atoms with Gasteiger partial charge in [-0.25, -0.2) is 4.98 Å². The Labute approximate surface area is 73.0 Å². The maximum atomic E-state index is 5.75. The molecule has 3 N–H and O–H groups in total. The van der Waals surface area contributed by atoms with Crippen LogP contribution in [-0.4, -0.2) is 12.0 Å². The summed E-state index contributed by atoms with van der Waals surface area (Å²) in [6.45, 7) is 3.93. The highest BCUT2D eigenvalue weighted by molar-refractivity contribution is 5.39. The highest BCUT2D eigenvalue weighted by Gasteiger charge is 2.02. The molecule has 0 spiro atoms. The lowest BCUT2D eigenvalue weighted by molar-refractivity contribution is 0.813. The number of anilines is 1. The molecule has 1 unspecified atom stereocenters. The van der Waals surface area contributed by atoms with E-state index in [1.807, 2.05) is 33.0 Å². The van der Waals surface area contributed by atoms with E-state index in [0.717, 1.165) is 17.1 Å². The van der Waals surface area contributed by atoms with Crippen molar-refractivity contribution in [2.24, 2.45) is 5.73 Å². The quantitative estimate of drug-likeness (QED) is 0.697. The van der Waals surface area contributed by atoms with Gasteiger partial charge < -0.3 is 11.1 Å². The van der Waals surface area contributed by atoms with Crippen molar-refractivity contribution >= 4 is 5.82 Å². The van der Waals surface area contributed by atoms with Crippen molar-refractivity contribution in [1.82, 2.24) is 4.98 Å². The second-order valence-corrected chi connectivity index (χ2v) is 2.97. The number of nitrogens with zero attached hydrogens (tertiary/aromatic N) is 1. The van der Waals surface area contributed by atoms with Crippen LogP contribution in [0, 0.1) is 6.92 Å². The van der Waals surface area contributed by atoms with E-state index >= 15 is 0 Å². The van der Waals surface area contributed by atoms with Crippen molar-refractivity contribution in [3.05, 3.63) is 23.4 Å². The normalized spacial score (nSPS) is 12.7. The smallest absolute Gasteiger partial charge is 0.126 e. The lowest BCUT2D eigenvalue weighted by Crippen LogP contribution is -2.07. The molecular weight excluding hydrogens is 150 g/mol. The SMILES string of the molecule is CNc1cc(C(C)N)cc(C)n1. The van der Waals surface area contributed by atoms with Crippen LogP contribution in [0.15, 0.2) is 12.1 Å². The average Bonchev–Trinajstić information content (AvgIpc) is 2.03. The molecular formula is C9H15N3. The highest BCUT2D eigenvalue weighted by atomic mass is 15.0. The van der Waals surface area contributed by atoms with Crippen molar-refractivity contribution in [1.29, 1.82) is 0 Å². The molecule has 1 rings (SSSR count). The van der Waals surface area contributed by atoms with Gasteiger partial charge in [0.2, 0.25) is 0 Å². The van der Waals surface area contributed by atoms with Crippen LogP contribution in [0.3, 0.4) is 0 Å². The lowest BCUT2D eigenvalue weighted by Gasteiger charge is -2.08. The van der Waals surface area contributed by atoms with Crippen LogP contribution >= 0.6 is 0 Å². The molecule has 1 aromatic rings. The van der Waals surface area contributed by atoms with Gasteiger partial charge in [-0.3, -0.25) is 0 Å². The van der Waals surface area contributed by atoms with Crippen molar-refractivity contribution in [3.8, 4) is 0 Å². The summed E-state index contributed by atoms with van der Waals surface area (Å²) in [6, 6.07) is 4.04. The molecule has 0 saturated heterocycles. The fourth-order valence-electron chi connectivity index (χ4n) is 1.09. The van der Waals surface area contributed by atoms with E-state index < -0.39 is 0 Å². The van der Waals surface area contributed by atoms with Gasteiger partial charge in [0.05, 0.1) is 0 Å². The summed E-state index contributed by atoms with van der Waals surface area (Å²) in [5.41, 5.74) is 7.86. The van der Waals surface area contributed by atoms with Gasteiger partial charge in [0.1, 0.15) is 5.82 Å². The monoisotopic (exact) mass is 165 g/mol. The molecule has 1 heterocycles. The molecule has 0 saturated carbocycles. The van der Waals surface area contributed by atoms with Crippen LogP contribution in [0.4, 0.5) is 5.82 Å². The molecule has 3 heteroatoms. The van der Waals surface area contributed by atoms with Gasteiger partial charge in [-0.05, 0) is 31.5 Å². The first-order valence-corrected chi connectivity index (χ1v) is 4.05. The summed E-state index contributed by atoms with van der Waals surface area (Å²) < 4.78 is 0. The molecule has 12 heavy (non-hydrogen) atoms. The molecule has 1 aromatic heterocycles. The molecule has 0 amide bonds. The topological polar surface area (TPSA) is 50.9 Å². The molecule has 1 atom stereocenters. The van der Waals surface area contributed by atoms with E-state index in [4.69, 9.17) is 5.73 Å². The number of aryl methyl sites for hydroxylation is 1. The number of nitrogens with one attached hydrogen (secondary N) is 1. The third-order valence-electron chi connectivity index (χ3n) is 1.76. The van der Waals surface area contributed by atoms with Crippen molar-refractivity contribution in [3.63, 3.8) is 0 Å². The summed E-state index contributed by atoms with van der Waals surface area (Å²) >= 11 is 0. The Morgan fingerprint density at radius 2 is 2.17 bits per heavy atom. The third-order valence-corrected chi connectivity index (χ3v) is 1.76. The number of hydrogen-bond acceptors (Lipinski definition) is 3. The van der Waals surface area contributed by atoms with Gasteiger partial charge in [-0.2, -0.15) is 0 Å². The van der Waals surface area contributed by atoms with Gasteiger partial charge in [0, 0.05) is 18.8 Å². The standard InChI is InChI=1S/C9H15N3/c1-6-4-8(7(2)10)5-9(11-3)12-6/h4-5,7H,10H2,1-3H3,(H,11,12). The highest BCUT2D eigenvalue weighted by Crippen LogP contribution is 2.14. The molecule has 0 fully saturated rings. The zero-order valence-corrected chi connectivity index (χ0v) is 7.76. The Hall–Kier alpha value is -1.09. The summed E-state index contributed by atoms with van der Waals surface area (Å²) in [6.07, 6.45) is 0. The van der Waals surface area contributed by atoms with E-state index in [-0.39, 0.29) is 6.04 Å². The zero-order chi connectivity index (χ0) is 9.14. The van der Waals surface area contributed by atoms with Crippen molar-refractivity contribution in [2.75, 3.05) is 12.4 Å². The van der Waals surface area contributed by atoms with Gasteiger partial charge in [-0.1, -0.05) is 0 Å². The van der Waals surface area contributed by atoms with Gasteiger partial charge in [0.15, 0.2) is 0 Å². The Morgan fingerprint density at radius 3 is 2.67 bits per heavy atom. The minimum atomic E-state index is 0.0683. The molecule has 0 bridgehead atoms.